The smallest absolute Gasteiger partial charge is 0.0986 e. The van der Waals surface area contributed by atoms with Gasteiger partial charge in [0.15, 0.2) is 0 Å². The fourth-order valence-corrected chi connectivity index (χ4v) is 10.4. The summed E-state index contributed by atoms with van der Waals surface area (Å²) in [5, 5.41) is 0. The topological polar surface area (TPSA) is 38.1 Å². The van der Waals surface area contributed by atoms with Crippen molar-refractivity contribution in [1.82, 2.24) is 9.80 Å². The molecule has 8 atom stereocenters. The van der Waals surface area contributed by atoms with Crippen LogP contribution in [0.25, 0.3) is 0 Å². The van der Waals surface area contributed by atoms with Gasteiger partial charge in [-0.1, -0.05) is 25.5 Å². The summed E-state index contributed by atoms with van der Waals surface area (Å²) in [5.74, 6) is 2.50. The molecule has 3 heterocycles. The zero-order valence-corrected chi connectivity index (χ0v) is 25.3. The largest absolute Gasteiger partial charge is 0.472 e. The molecule has 0 N–H and O–H groups in total. The summed E-state index contributed by atoms with van der Waals surface area (Å²) in [6.45, 7) is 13.2. The molecule has 0 radical (unpaired) electrons. The summed E-state index contributed by atoms with van der Waals surface area (Å²) in [6, 6.07) is 2.13. The predicted molar refractivity (Wildman–Crippen MR) is 159 cm³/mol. The van der Waals surface area contributed by atoms with E-state index in [9.17, 15) is 0 Å². The normalized spacial score (nSPS) is 41.0. The Hall–Kier alpha value is -1.14. The Morgan fingerprint density at radius 1 is 0.925 bits per heavy atom. The first-order chi connectivity index (χ1) is 19.5. The van der Waals surface area contributed by atoms with Crippen molar-refractivity contribution >= 4 is 0 Å². The minimum Gasteiger partial charge on any atom is -0.472 e. The molecule has 1 unspecified atom stereocenters. The summed E-state index contributed by atoms with van der Waals surface area (Å²) in [4.78, 5) is 5.18. The minimum absolute atomic E-state index is 0.134. The third-order valence-corrected chi connectivity index (χ3v) is 12.8. The Kier molecular flexibility index (Phi) is 7.96. The van der Waals surface area contributed by atoms with E-state index in [1.165, 1.54) is 109 Å². The third-order valence-electron chi connectivity index (χ3n) is 12.8. The molecular formula is C35H54N2O3. The maximum Gasteiger partial charge on any atom is 0.0986 e. The summed E-state index contributed by atoms with van der Waals surface area (Å²) in [7, 11) is 0. The molecule has 2 aliphatic heterocycles. The lowest BCUT2D eigenvalue weighted by Crippen LogP contribution is -2.52. The van der Waals surface area contributed by atoms with Crippen LogP contribution in [0.15, 0.2) is 34.7 Å². The first-order valence-electron chi connectivity index (χ1n) is 17.0. The average Bonchev–Trinajstić information content (AvgIpc) is 3.77. The van der Waals surface area contributed by atoms with Crippen LogP contribution in [0.5, 0.6) is 0 Å². The fraction of sp³-hybridized carbons (Fsp3) is 0.829. The van der Waals surface area contributed by atoms with Gasteiger partial charge in [0.2, 0.25) is 0 Å². The SMILES string of the molecule is C[C@]12CC[C@H]3[C@@H](CCC4=C[C@@H](OCCN5CCCC5)CC[C@@]43C)[C@@H]1CC[C@@H]2OC(CN1CCCC1)c1ccoc1. The van der Waals surface area contributed by atoms with Gasteiger partial charge in [-0.3, -0.25) is 0 Å². The Labute approximate surface area is 243 Å². The van der Waals surface area contributed by atoms with Crippen molar-refractivity contribution in [3.8, 4) is 0 Å². The van der Waals surface area contributed by atoms with Crippen LogP contribution in [0.3, 0.4) is 0 Å². The molecule has 2 saturated heterocycles. The lowest BCUT2D eigenvalue weighted by atomic mass is 9.47. The van der Waals surface area contributed by atoms with Crippen LogP contribution in [0, 0.1) is 28.6 Å². The van der Waals surface area contributed by atoms with E-state index in [4.69, 9.17) is 13.9 Å². The van der Waals surface area contributed by atoms with Crippen molar-refractivity contribution in [2.24, 2.45) is 28.6 Å². The standard InChI is InChI=1S/C35H54N2O3/c1-34-14-11-28(39-22-20-36-16-3-4-17-36)23-27(34)7-8-29-30-9-10-33(35(30,2)15-12-31(29)34)40-32(26-13-21-38-25-26)24-37-18-5-6-19-37/h13,21,23,25,28-33H,3-12,14-20,22,24H2,1-2H3/t28-,29-,30-,31-,32?,33-,34-,35-/m0/s1. The van der Waals surface area contributed by atoms with Gasteiger partial charge < -0.3 is 23.7 Å². The summed E-state index contributed by atoms with van der Waals surface area (Å²) >= 11 is 0. The molecule has 40 heavy (non-hydrogen) atoms. The van der Waals surface area contributed by atoms with Gasteiger partial charge in [0.25, 0.3) is 0 Å². The van der Waals surface area contributed by atoms with Crippen molar-refractivity contribution < 1.29 is 13.9 Å². The molecule has 7 rings (SSSR count). The molecular weight excluding hydrogens is 496 g/mol. The maximum atomic E-state index is 7.16. The number of ether oxygens (including phenoxy) is 2. The van der Waals surface area contributed by atoms with Crippen molar-refractivity contribution in [2.45, 2.75) is 109 Å². The number of nitrogens with zero attached hydrogens (tertiary/aromatic N) is 2. The van der Waals surface area contributed by atoms with Gasteiger partial charge in [0, 0.05) is 18.7 Å². The van der Waals surface area contributed by atoms with Crippen LogP contribution < -0.4 is 0 Å². The van der Waals surface area contributed by atoms with Gasteiger partial charge in [0.1, 0.15) is 0 Å². The van der Waals surface area contributed by atoms with E-state index in [1.807, 2.05) is 12.5 Å². The summed E-state index contributed by atoms with van der Waals surface area (Å²) < 4.78 is 19.1. The second-order valence-electron chi connectivity index (χ2n) is 14.8. The van der Waals surface area contributed by atoms with E-state index in [1.54, 1.807) is 5.57 Å². The summed E-state index contributed by atoms with van der Waals surface area (Å²) in [6.07, 6.45) is 23.0. The molecule has 5 fully saturated rings. The van der Waals surface area contributed by atoms with Gasteiger partial charge in [-0.05, 0) is 138 Å². The van der Waals surface area contributed by atoms with E-state index in [2.05, 4.69) is 35.8 Å². The third kappa shape index (κ3) is 5.16. The quantitative estimate of drug-likeness (QED) is 0.303. The predicted octanol–water partition coefficient (Wildman–Crippen LogP) is 7.25. The highest BCUT2D eigenvalue weighted by Crippen LogP contribution is 2.66. The average molecular weight is 551 g/mol. The van der Waals surface area contributed by atoms with E-state index < -0.39 is 0 Å². The molecule has 3 saturated carbocycles. The van der Waals surface area contributed by atoms with Crippen molar-refractivity contribution in [2.75, 3.05) is 45.9 Å². The Morgan fingerprint density at radius 2 is 1.73 bits per heavy atom. The molecule has 6 aliphatic rings. The van der Waals surface area contributed by atoms with Crippen LogP contribution in [-0.2, 0) is 9.47 Å². The second kappa shape index (κ2) is 11.5. The number of furan rings is 1. The van der Waals surface area contributed by atoms with Crippen molar-refractivity contribution in [3.05, 3.63) is 35.8 Å². The van der Waals surface area contributed by atoms with Gasteiger partial charge in [-0.25, -0.2) is 0 Å². The Balaban J connectivity index is 1.01. The van der Waals surface area contributed by atoms with Crippen LogP contribution in [0.4, 0.5) is 0 Å². The molecule has 5 heteroatoms. The monoisotopic (exact) mass is 550 g/mol. The number of likely N-dealkylation sites (tertiary alicyclic amines) is 2. The molecule has 0 amide bonds. The molecule has 0 aromatic carbocycles. The highest BCUT2D eigenvalue weighted by Gasteiger charge is 2.59. The molecule has 1 aromatic heterocycles. The van der Waals surface area contributed by atoms with Crippen molar-refractivity contribution in [1.29, 1.82) is 0 Å². The lowest BCUT2D eigenvalue weighted by molar-refractivity contribution is -0.123. The van der Waals surface area contributed by atoms with Crippen molar-refractivity contribution in [3.63, 3.8) is 0 Å². The zero-order chi connectivity index (χ0) is 27.2. The second-order valence-corrected chi connectivity index (χ2v) is 14.8. The highest BCUT2D eigenvalue weighted by molar-refractivity contribution is 5.26. The van der Waals surface area contributed by atoms with Crippen LogP contribution in [0.2, 0.25) is 0 Å². The van der Waals surface area contributed by atoms with Crippen LogP contribution in [0.1, 0.15) is 103 Å². The van der Waals surface area contributed by atoms with Crippen LogP contribution in [-0.4, -0.2) is 67.9 Å². The Morgan fingerprint density at radius 3 is 2.50 bits per heavy atom. The van der Waals surface area contributed by atoms with Crippen LogP contribution >= 0.6 is 0 Å². The fourth-order valence-electron chi connectivity index (χ4n) is 10.4. The number of hydrogen-bond donors (Lipinski definition) is 0. The van der Waals surface area contributed by atoms with Gasteiger partial charge in [0.05, 0.1) is 37.4 Å². The number of rotatable bonds is 9. The van der Waals surface area contributed by atoms with E-state index in [0.29, 0.717) is 23.0 Å². The van der Waals surface area contributed by atoms with Gasteiger partial charge in [-0.15, -0.1) is 0 Å². The van der Waals surface area contributed by atoms with E-state index in [-0.39, 0.29) is 6.10 Å². The molecule has 0 spiro atoms. The van der Waals surface area contributed by atoms with E-state index >= 15 is 0 Å². The number of allylic oxidation sites excluding steroid dienone is 1. The number of hydrogen-bond acceptors (Lipinski definition) is 5. The molecule has 4 aliphatic carbocycles. The number of fused-ring (bicyclic) bond motifs is 5. The summed E-state index contributed by atoms with van der Waals surface area (Å²) in [5.41, 5.74) is 3.66. The first kappa shape index (κ1) is 27.7. The first-order valence-corrected chi connectivity index (χ1v) is 17.0. The highest BCUT2D eigenvalue weighted by atomic mass is 16.5. The minimum atomic E-state index is 0.134. The Bertz CT molecular complexity index is 1010. The molecule has 0 bridgehead atoms. The molecule has 5 nitrogen and oxygen atoms in total. The lowest BCUT2D eigenvalue weighted by Gasteiger charge is -2.58. The molecule has 1 aromatic rings. The van der Waals surface area contributed by atoms with Gasteiger partial charge >= 0.3 is 0 Å². The van der Waals surface area contributed by atoms with Gasteiger partial charge in [-0.2, -0.15) is 0 Å². The zero-order valence-electron chi connectivity index (χ0n) is 25.3. The maximum absolute atomic E-state index is 7.16. The van der Waals surface area contributed by atoms with E-state index in [0.717, 1.165) is 37.5 Å². The molecule has 222 valence electrons.